The molecule has 2 amide bonds. The molecule has 16 nitrogen and oxygen atoms in total. The second kappa shape index (κ2) is 12.7. The maximum Gasteiger partial charge on any atom is 0.352 e. The van der Waals surface area contributed by atoms with Crippen LogP contribution in [0.25, 0.3) is 0 Å². The summed E-state index contributed by atoms with van der Waals surface area (Å²) in [6.07, 6.45) is 3.64. The van der Waals surface area contributed by atoms with Gasteiger partial charge in [-0.3, -0.25) is 14.5 Å². The SMILES string of the molecule is CNCCNc1cc[n+](CC2=C(C(=O)O)N3C(=O)C(NC(=O)/C(=N\OC(C)(C)C(=O)O)c4nsc(N)n4)C3SC2)cc1. The van der Waals surface area contributed by atoms with Gasteiger partial charge in [-0.1, -0.05) is 5.16 Å². The highest BCUT2D eigenvalue weighted by Crippen LogP contribution is 2.40. The molecule has 0 bridgehead atoms. The number of pyridine rings is 1. The molecule has 2 atom stereocenters. The van der Waals surface area contributed by atoms with Crippen LogP contribution in [0.4, 0.5) is 10.8 Å². The van der Waals surface area contributed by atoms with Crippen molar-refractivity contribution in [3.63, 3.8) is 0 Å². The van der Waals surface area contributed by atoms with Crippen LogP contribution in [0, 0.1) is 0 Å². The molecule has 2 unspecified atom stereocenters. The number of carbonyl (C=O) groups is 4. The van der Waals surface area contributed by atoms with Crippen molar-refractivity contribution in [2.45, 2.75) is 37.4 Å². The van der Waals surface area contributed by atoms with Crippen LogP contribution in [0.1, 0.15) is 19.7 Å². The molecule has 4 rings (SSSR count). The Morgan fingerprint density at radius 3 is 2.57 bits per heavy atom. The van der Waals surface area contributed by atoms with Crippen molar-refractivity contribution in [3.05, 3.63) is 41.6 Å². The Labute approximate surface area is 248 Å². The second-order valence-corrected chi connectivity index (χ2v) is 11.6. The Balaban J connectivity index is 1.49. The minimum Gasteiger partial charge on any atom is -0.478 e. The number of fused-ring (bicyclic) bond motifs is 1. The first-order chi connectivity index (χ1) is 19.9. The van der Waals surface area contributed by atoms with Gasteiger partial charge in [-0.05, 0) is 20.9 Å². The average molecular weight is 621 g/mol. The summed E-state index contributed by atoms with van der Waals surface area (Å²) in [5.74, 6) is -4.05. The number of hydrogen-bond donors (Lipinski definition) is 6. The largest absolute Gasteiger partial charge is 0.478 e. The van der Waals surface area contributed by atoms with Crippen LogP contribution >= 0.6 is 23.3 Å². The lowest BCUT2D eigenvalue weighted by atomic mass is 10.0. The molecule has 0 radical (unpaired) electrons. The van der Waals surface area contributed by atoms with Crippen LogP contribution in [-0.2, 0) is 30.6 Å². The number of β-lactam (4-membered cyclic amide) rings is 1. The zero-order chi connectivity index (χ0) is 30.6. The molecule has 1 fully saturated rings. The molecule has 18 heteroatoms. The van der Waals surface area contributed by atoms with E-state index in [-0.39, 0.29) is 23.2 Å². The van der Waals surface area contributed by atoms with E-state index in [4.69, 9.17) is 10.6 Å². The van der Waals surface area contributed by atoms with Crippen molar-refractivity contribution in [2.24, 2.45) is 5.16 Å². The van der Waals surface area contributed by atoms with Gasteiger partial charge in [0.25, 0.3) is 11.8 Å². The predicted octanol–water partition coefficient (Wildman–Crippen LogP) is -0.938. The maximum absolute atomic E-state index is 13.2. The lowest BCUT2D eigenvalue weighted by molar-refractivity contribution is -0.688. The van der Waals surface area contributed by atoms with Gasteiger partial charge in [-0.2, -0.15) is 9.36 Å². The van der Waals surface area contributed by atoms with E-state index in [1.54, 1.807) is 0 Å². The Morgan fingerprint density at radius 2 is 1.98 bits per heavy atom. The molecule has 0 aliphatic carbocycles. The minimum atomic E-state index is -1.78. The average Bonchev–Trinajstić information content (AvgIpc) is 3.37. The summed E-state index contributed by atoms with van der Waals surface area (Å²) >= 11 is 2.09. The summed E-state index contributed by atoms with van der Waals surface area (Å²) in [6, 6.07) is 2.67. The van der Waals surface area contributed by atoms with Crippen molar-refractivity contribution in [2.75, 3.05) is 36.9 Å². The molecular formula is C24H30N9O7S2+. The number of carboxylic acid groups (broad SMARTS) is 2. The quantitative estimate of drug-likeness (QED) is 0.0523. The second-order valence-electron chi connectivity index (χ2n) is 9.71. The number of nitrogens with zero attached hydrogens (tertiary/aromatic N) is 5. The minimum absolute atomic E-state index is 0.0260. The van der Waals surface area contributed by atoms with Crippen molar-refractivity contribution >= 4 is 63.6 Å². The van der Waals surface area contributed by atoms with Crippen molar-refractivity contribution in [1.82, 2.24) is 24.9 Å². The molecular weight excluding hydrogens is 590 g/mol. The normalized spacial score (nSPS) is 18.7. The number of oxime groups is 1. The van der Waals surface area contributed by atoms with E-state index in [0.717, 1.165) is 35.2 Å². The molecule has 2 aromatic rings. The fourth-order valence-electron chi connectivity index (χ4n) is 3.96. The van der Waals surface area contributed by atoms with E-state index >= 15 is 0 Å². The molecule has 224 valence electrons. The van der Waals surface area contributed by atoms with Gasteiger partial charge in [0, 0.05) is 53.8 Å². The lowest BCUT2D eigenvalue weighted by Crippen LogP contribution is -2.71. The molecule has 0 spiro atoms. The topological polar surface area (TPSA) is 225 Å². The molecule has 2 aromatic heterocycles. The monoisotopic (exact) mass is 620 g/mol. The molecule has 0 aromatic carbocycles. The first kappa shape index (κ1) is 30.7. The Bertz CT molecular complexity index is 1440. The van der Waals surface area contributed by atoms with Gasteiger partial charge in [0.1, 0.15) is 17.1 Å². The number of hydrogen-bond acceptors (Lipinski definition) is 13. The van der Waals surface area contributed by atoms with E-state index in [0.29, 0.717) is 11.3 Å². The van der Waals surface area contributed by atoms with E-state index in [1.807, 2.05) is 36.1 Å². The number of thioether (sulfide) groups is 1. The highest BCUT2D eigenvalue weighted by Gasteiger charge is 2.55. The number of aliphatic carboxylic acids is 2. The summed E-state index contributed by atoms with van der Waals surface area (Å²) in [5.41, 5.74) is 4.68. The number of nitrogen functional groups attached to an aromatic ring is 1. The molecule has 2 aliphatic rings. The third-order valence-corrected chi connectivity index (χ3v) is 8.14. The Kier molecular flexibility index (Phi) is 9.27. The fraction of sp³-hybridized carbons (Fsp3) is 0.417. The number of amides is 2. The van der Waals surface area contributed by atoms with Crippen LogP contribution < -0.4 is 26.3 Å². The number of nitrogens with two attached hydrogens (primary N) is 1. The van der Waals surface area contributed by atoms with Crippen molar-refractivity contribution < 1.29 is 38.8 Å². The standard InChI is InChI=1S/C24H29N9O7S2/c1-24(2,22(38)39)40-30-14(17-29-23(25)42-31-17)18(34)28-15-19(35)33-16(21(36)37)12(11-41-20(15)33)10-32-8-4-13(5-9-32)27-7-6-26-3/h4-5,8-9,15,20,26H,6-7,10-11H2,1-3H3,(H5,25,28,29,31,34,36,37,38,39)/p+1/b30-14-. The number of carbonyl (C=O) groups excluding carboxylic acids is 2. The number of anilines is 2. The third kappa shape index (κ3) is 6.60. The Morgan fingerprint density at radius 1 is 1.26 bits per heavy atom. The molecule has 7 N–H and O–H groups in total. The first-order valence-electron chi connectivity index (χ1n) is 12.6. The van der Waals surface area contributed by atoms with Gasteiger partial charge < -0.3 is 36.7 Å². The highest BCUT2D eigenvalue weighted by molar-refractivity contribution is 8.00. The van der Waals surface area contributed by atoms with Gasteiger partial charge in [-0.25, -0.2) is 14.2 Å². The summed E-state index contributed by atoms with van der Waals surface area (Å²) < 4.78 is 5.75. The molecule has 2 aliphatic heterocycles. The smallest absolute Gasteiger partial charge is 0.352 e. The van der Waals surface area contributed by atoms with Crippen LogP contribution in [0.15, 0.2) is 41.0 Å². The van der Waals surface area contributed by atoms with Gasteiger partial charge in [0.15, 0.2) is 24.1 Å². The van der Waals surface area contributed by atoms with Crippen molar-refractivity contribution in [1.29, 1.82) is 0 Å². The van der Waals surface area contributed by atoms with E-state index in [9.17, 15) is 29.4 Å². The molecule has 4 heterocycles. The number of likely N-dealkylation sites (N-methyl/N-ethyl adjacent to an activating group) is 1. The van der Waals surface area contributed by atoms with Crippen LogP contribution in [-0.4, -0.2) is 96.8 Å². The summed E-state index contributed by atoms with van der Waals surface area (Å²) in [4.78, 5) is 60.2. The van der Waals surface area contributed by atoms with Crippen LogP contribution in [0.5, 0.6) is 0 Å². The van der Waals surface area contributed by atoms with E-state index in [2.05, 4.69) is 30.5 Å². The van der Waals surface area contributed by atoms with Gasteiger partial charge in [-0.15, -0.1) is 11.8 Å². The highest BCUT2D eigenvalue weighted by atomic mass is 32.2. The summed E-state index contributed by atoms with van der Waals surface area (Å²) in [7, 11) is 1.86. The van der Waals surface area contributed by atoms with Gasteiger partial charge >= 0.3 is 11.9 Å². The number of nitrogens with one attached hydrogen (secondary N) is 3. The zero-order valence-electron chi connectivity index (χ0n) is 22.9. The number of aromatic nitrogens is 3. The third-order valence-electron chi connectivity index (χ3n) is 6.25. The van der Waals surface area contributed by atoms with Gasteiger partial charge in [0.2, 0.25) is 17.1 Å². The molecule has 42 heavy (non-hydrogen) atoms. The van der Waals surface area contributed by atoms with Crippen molar-refractivity contribution in [3.8, 4) is 0 Å². The van der Waals surface area contributed by atoms with Crippen LogP contribution in [0.3, 0.4) is 0 Å². The maximum atomic E-state index is 13.2. The predicted molar refractivity (Wildman–Crippen MR) is 152 cm³/mol. The molecule has 1 saturated heterocycles. The summed E-state index contributed by atoms with van der Waals surface area (Å²) in [5, 5.41) is 31.2. The first-order valence-corrected chi connectivity index (χ1v) is 14.4. The van der Waals surface area contributed by atoms with Gasteiger partial charge in [0.05, 0.1) is 0 Å². The summed E-state index contributed by atoms with van der Waals surface area (Å²) in [6.45, 7) is 4.26. The van der Waals surface area contributed by atoms with E-state index < -0.39 is 46.5 Å². The van der Waals surface area contributed by atoms with Crippen LogP contribution in [0.2, 0.25) is 0 Å². The van der Waals surface area contributed by atoms with E-state index in [1.165, 1.54) is 25.6 Å². The lowest BCUT2D eigenvalue weighted by Gasteiger charge is -2.49. The zero-order valence-corrected chi connectivity index (χ0v) is 24.5. The number of carboxylic acids is 2. The molecule has 0 saturated carbocycles. The number of rotatable bonds is 13. The Hall–Kier alpha value is -4.29. The fourth-order valence-corrected chi connectivity index (χ4v) is 5.73.